The first-order valence-electron chi connectivity index (χ1n) is 4.92. The molecule has 0 bridgehead atoms. The van der Waals surface area contributed by atoms with E-state index in [9.17, 15) is 9.18 Å². The Labute approximate surface area is 112 Å². The Morgan fingerprint density at radius 1 is 1.65 bits per heavy atom. The molecule has 0 aliphatic rings. The van der Waals surface area contributed by atoms with Gasteiger partial charge in [-0.25, -0.2) is 20.6 Å². The summed E-state index contributed by atoms with van der Waals surface area (Å²) in [6, 6.07) is 0.702. The Morgan fingerprint density at radius 3 is 2.65 bits per heavy atom. The third-order valence-electron chi connectivity index (χ3n) is 2.32. The lowest BCUT2D eigenvalue weighted by Gasteiger charge is -2.29. The van der Waals surface area contributed by atoms with Crippen LogP contribution in [-0.4, -0.2) is 21.2 Å². The topological polar surface area (TPSA) is 79.5 Å². The normalized spacial score (nSPS) is 12.6. The van der Waals surface area contributed by atoms with Gasteiger partial charge in [0.15, 0.2) is 0 Å². The number of hydrogen-bond acceptors (Lipinski definition) is 3. The minimum absolute atomic E-state index is 0.0446. The molecule has 94 valence electrons. The van der Waals surface area contributed by atoms with Crippen LogP contribution in [0.25, 0.3) is 0 Å². The van der Waals surface area contributed by atoms with Crippen molar-refractivity contribution in [1.29, 1.82) is 0 Å². The second-order valence-electron chi connectivity index (χ2n) is 3.91. The molecule has 0 aliphatic heterocycles. The maximum absolute atomic E-state index is 12.9. The molecule has 17 heavy (non-hydrogen) atoms. The highest BCUT2D eigenvalue weighted by atomic mass is 127. The predicted molar refractivity (Wildman–Crippen MR) is 68.5 cm³/mol. The first kappa shape index (κ1) is 14.1. The van der Waals surface area contributed by atoms with Crippen molar-refractivity contribution in [3.63, 3.8) is 0 Å². The molecule has 3 N–H and O–H groups in total. The van der Waals surface area contributed by atoms with Gasteiger partial charge in [-0.1, -0.05) is 13.8 Å². The molecule has 0 radical (unpaired) electrons. The van der Waals surface area contributed by atoms with Gasteiger partial charge in [-0.15, -0.1) is 0 Å². The molecular formula is C10H13FIN3O2. The fraction of sp³-hybridized carbons (Fsp3) is 0.400. The van der Waals surface area contributed by atoms with Crippen LogP contribution in [0.1, 0.15) is 25.5 Å². The molecule has 1 aromatic rings. The summed E-state index contributed by atoms with van der Waals surface area (Å²) >= 11 is 1.94. The summed E-state index contributed by atoms with van der Waals surface area (Å²) in [5, 5.41) is 9.64. The number of nitrogens with zero attached hydrogens (tertiary/aromatic N) is 2. The van der Waals surface area contributed by atoms with Gasteiger partial charge < -0.3 is 5.11 Å². The van der Waals surface area contributed by atoms with Crippen LogP contribution in [0.15, 0.2) is 12.3 Å². The molecule has 0 fully saturated rings. The third-order valence-corrected chi connectivity index (χ3v) is 3.25. The maximum Gasteiger partial charge on any atom is 0.422 e. The molecule has 7 heteroatoms. The number of carboxylic acid groups (broad SMARTS) is 1. The number of halogens is 2. The Kier molecular flexibility index (Phi) is 4.63. The first-order chi connectivity index (χ1) is 7.84. The van der Waals surface area contributed by atoms with Gasteiger partial charge in [0.2, 0.25) is 5.95 Å². The number of hydrazine groups is 1. The summed E-state index contributed by atoms with van der Waals surface area (Å²) in [6.45, 7) is 3.68. The van der Waals surface area contributed by atoms with Crippen molar-refractivity contribution in [1.82, 2.24) is 9.99 Å². The monoisotopic (exact) mass is 353 g/mol. The van der Waals surface area contributed by atoms with Crippen molar-refractivity contribution in [2.24, 2.45) is 11.8 Å². The highest BCUT2D eigenvalue weighted by Gasteiger charge is 2.27. The number of rotatable bonds is 3. The zero-order chi connectivity index (χ0) is 13.2. The smallest absolute Gasteiger partial charge is 0.422 e. The molecule has 5 nitrogen and oxygen atoms in total. The van der Waals surface area contributed by atoms with Crippen LogP contribution in [0.2, 0.25) is 0 Å². The molecular weight excluding hydrogens is 340 g/mol. The van der Waals surface area contributed by atoms with Crippen molar-refractivity contribution in [2.45, 2.75) is 19.9 Å². The van der Waals surface area contributed by atoms with Crippen molar-refractivity contribution in [3.8, 4) is 0 Å². The predicted octanol–water partition coefficient (Wildman–Crippen LogP) is 2.38. The van der Waals surface area contributed by atoms with E-state index < -0.39 is 18.1 Å². The molecule has 0 aliphatic carbocycles. The SMILES string of the molecule is CC(C)C(c1cnc(F)cc1I)N(N)C(=O)O. The van der Waals surface area contributed by atoms with Crippen molar-refractivity contribution >= 4 is 28.7 Å². The minimum Gasteiger partial charge on any atom is -0.464 e. The average molecular weight is 353 g/mol. The van der Waals surface area contributed by atoms with Crippen LogP contribution in [0.3, 0.4) is 0 Å². The zero-order valence-electron chi connectivity index (χ0n) is 9.39. The lowest BCUT2D eigenvalue weighted by molar-refractivity contribution is 0.109. The van der Waals surface area contributed by atoms with E-state index in [-0.39, 0.29) is 5.92 Å². The molecule has 0 saturated carbocycles. The maximum atomic E-state index is 12.9. The molecule has 1 amide bonds. The van der Waals surface area contributed by atoms with Gasteiger partial charge in [0, 0.05) is 21.4 Å². The minimum atomic E-state index is -1.23. The summed E-state index contributed by atoms with van der Waals surface area (Å²) in [5.41, 5.74) is 0.604. The number of hydrogen-bond donors (Lipinski definition) is 2. The molecule has 0 saturated heterocycles. The summed E-state index contributed by atoms with van der Waals surface area (Å²) in [5.74, 6) is 4.87. The number of carbonyl (C=O) groups is 1. The van der Waals surface area contributed by atoms with Crippen LogP contribution in [0.5, 0.6) is 0 Å². The largest absolute Gasteiger partial charge is 0.464 e. The Bertz CT molecular complexity index is 428. The second-order valence-corrected chi connectivity index (χ2v) is 5.07. The van der Waals surface area contributed by atoms with Gasteiger partial charge >= 0.3 is 6.09 Å². The fourth-order valence-corrected chi connectivity index (χ4v) is 2.30. The molecule has 1 rings (SSSR count). The highest BCUT2D eigenvalue weighted by molar-refractivity contribution is 14.1. The highest BCUT2D eigenvalue weighted by Crippen LogP contribution is 2.29. The van der Waals surface area contributed by atoms with E-state index in [1.807, 2.05) is 36.4 Å². The van der Waals surface area contributed by atoms with E-state index in [0.29, 0.717) is 9.13 Å². The van der Waals surface area contributed by atoms with Crippen molar-refractivity contribution < 1.29 is 14.3 Å². The fourth-order valence-electron chi connectivity index (χ4n) is 1.58. The van der Waals surface area contributed by atoms with Crippen LogP contribution < -0.4 is 5.84 Å². The second kappa shape index (κ2) is 5.58. The summed E-state index contributed by atoms with van der Waals surface area (Å²) in [4.78, 5) is 14.4. The quantitative estimate of drug-likeness (QED) is 0.288. The molecule has 1 aromatic heterocycles. The van der Waals surface area contributed by atoms with Gasteiger partial charge in [-0.3, -0.25) is 0 Å². The lowest BCUT2D eigenvalue weighted by Crippen LogP contribution is -2.42. The molecule has 1 atom stereocenters. The summed E-state index contributed by atoms with van der Waals surface area (Å²) in [6.07, 6.45) is 0.0914. The number of amides is 1. The van der Waals surface area contributed by atoms with E-state index in [4.69, 9.17) is 10.9 Å². The zero-order valence-corrected chi connectivity index (χ0v) is 11.6. The lowest BCUT2D eigenvalue weighted by atomic mass is 9.97. The van der Waals surface area contributed by atoms with Gasteiger partial charge in [0.1, 0.15) is 0 Å². The van der Waals surface area contributed by atoms with Crippen molar-refractivity contribution in [3.05, 3.63) is 27.3 Å². The standard InChI is InChI=1S/C10H13FIN3O2/c1-5(2)9(15(13)10(16)17)6-4-14-8(11)3-7(6)12/h3-5,9H,13H2,1-2H3,(H,16,17). The van der Waals surface area contributed by atoms with E-state index in [0.717, 1.165) is 5.01 Å². The van der Waals surface area contributed by atoms with E-state index in [1.54, 1.807) is 0 Å². The number of aromatic nitrogens is 1. The van der Waals surface area contributed by atoms with Crippen LogP contribution >= 0.6 is 22.6 Å². The Morgan fingerprint density at radius 2 is 2.24 bits per heavy atom. The van der Waals surface area contributed by atoms with Crippen LogP contribution in [0.4, 0.5) is 9.18 Å². The van der Waals surface area contributed by atoms with Gasteiger partial charge in [0.25, 0.3) is 0 Å². The first-order valence-corrected chi connectivity index (χ1v) is 6.00. The van der Waals surface area contributed by atoms with Crippen LogP contribution in [-0.2, 0) is 0 Å². The number of pyridine rings is 1. The molecule has 0 spiro atoms. The van der Waals surface area contributed by atoms with E-state index >= 15 is 0 Å². The third kappa shape index (κ3) is 3.25. The van der Waals surface area contributed by atoms with E-state index in [1.165, 1.54) is 12.3 Å². The molecule has 1 heterocycles. The Balaban J connectivity index is 3.19. The average Bonchev–Trinajstić information content (AvgIpc) is 2.20. The van der Waals surface area contributed by atoms with E-state index in [2.05, 4.69) is 4.98 Å². The van der Waals surface area contributed by atoms with Gasteiger partial charge in [-0.05, 0) is 28.5 Å². The number of nitrogens with two attached hydrogens (primary N) is 1. The summed E-state index contributed by atoms with van der Waals surface area (Å²) in [7, 11) is 0. The van der Waals surface area contributed by atoms with Crippen LogP contribution in [0, 0.1) is 15.4 Å². The Hall–Kier alpha value is -0.960. The summed E-state index contributed by atoms with van der Waals surface area (Å²) < 4.78 is 13.5. The molecule has 0 aromatic carbocycles. The van der Waals surface area contributed by atoms with Crippen molar-refractivity contribution in [2.75, 3.05) is 0 Å². The van der Waals surface area contributed by atoms with Gasteiger partial charge in [0.05, 0.1) is 6.04 Å². The van der Waals surface area contributed by atoms with Gasteiger partial charge in [-0.2, -0.15) is 4.39 Å². The molecule has 1 unspecified atom stereocenters.